The molecule has 1 N–H and O–H groups in total. The van der Waals surface area contributed by atoms with E-state index in [0.29, 0.717) is 23.7 Å². The second-order valence-corrected chi connectivity index (χ2v) is 5.52. The smallest absolute Gasteiger partial charge is 0.227 e. The van der Waals surface area contributed by atoms with Gasteiger partial charge in [-0.3, -0.25) is 0 Å². The van der Waals surface area contributed by atoms with Crippen LogP contribution in [0.5, 0.6) is 0 Å². The molecule has 5 nitrogen and oxygen atoms in total. The molecule has 0 aromatic carbocycles. The highest BCUT2D eigenvalue weighted by Gasteiger charge is 2.24. The van der Waals surface area contributed by atoms with E-state index in [-0.39, 0.29) is 0 Å². The standard InChI is InChI=1S/C13H23N3O2/c1-9(2)16-6-4-5-11(8-16)7-12-14-13(10(3)17)15-18-12/h9-11,17H,4-8H2,1-3H3. The molecule has 0 amide bonds. The fourth-order valence-electron chi connectivity index (χ4n) is 2.50. The third kappa shape index (κ3) is 3.29. The largest absolute Gasteiger partial charge is 0.385 e. The molecule has 1 fully saturated rings. The Kier molecular flexibility index (Phi) is 4.35. The normalized spacial score (nSPS) is 23.5. The molecule has 2 unspecified atom stereocenters. The van der Waals surface area contributed by atoms with Crippen LogP contribution in [0.4, 0.5) is 0 Å². The summed E-state index contributed by atoms with van der Waals surface area (Å²) in [5.41, 5.74) is 0. The van der Waals surface area contributed by atoms with Crippen LogP contribution in [0.2, 0.25) is 0 Å². The minimum Gasteiger partial charge on any atom is -0.385 e. The van der Waals surface area contributed by atoms with Gasteiger partial charge in [-0.1, -0.05) is 5.16 Å². The van der Waals surface area contributed by atoms with E-state index in [4.69, 9.17) is 4.52 Å². The molecule has 2 atom stereocenters. The van der Waals surface area contributed by atoms with Gasteiger partial charge in [-0.05, 0) is 46.1 Å². The Labute approximate surface area is 108 Å². The highest BCUT2D eigenvalue weighted by Crippen LogP contribution is 2.22. The molecule has 1 aromatic heterocycles. The van der Waals surface area contributed by atoms with Crippen molar-refractivity contribution >= 4 is 0 Å². The van der Waals surface area contributed by atoms with Crippen molar-refractivity contribution in [1.82, 2.24) is 15.0 Å². The zero-order valence-electron chi connectivity index (χ0n) is 11.5. The monoisotopic (exact) mass is 253 g/mol. The number of aromatic nitrogens is 2. The first-order chi connectivity index (χ1) is 8.56. The van der Waals surface area contributed by atoms with Gasteiger partial charge in [0, 0.05) is 19.0 Å². The van der Waals surface area contributed by atoms with Gasteiger partial charge in [-0.15, -0.1) is 0 Å². The number of piperidine rings is 1. The van der Waals surface area contributed by atoms with Crippen molar-refractivity contribution in [3.8, 4) is 0 Å². The highest BCUT2D eigenvalue weighted by atomic mass is 16.5. The zero-order chi connectivity index (χ0) is 13.1. The Morgan fingerprint density at radius 1 is 1.44 bits per heavy atom. The first kappa shape index (κ1) is 13.5. The third-order valence-electron chi connectivity index (χ3n) is 3.60. The van der Waals surface area contributed by atoms with Crippen LogP contribution in [0, 0.1) is 5.92 Å². The summed E-state index contributed by atoms with van der Waals surface area (Å²) in [6, 6.07) is 0.600. The van der Waals surface area contributed by atoms with Crippen molar-refractivity contribution in [3.05, 3.63) is 11.7 Å². The third-order valence-corrected chi connectivity index (χ3v) is 3.60. The van der Waals surface area contributed by atoms with Crippen LogP contribution < -0.4 is 0 Å². The molecular formula is C13H23N3O2. The average Bonchev–Trinajstić information content (AvgIpc) is 2.78. The lowest BCUT2D eigenvalue weighted by atomic mass is 9.94. The van der Waals surface area contributed by atoms with Gasteiger partial charge in [-0.2, -0.15) is 4.98 Å². The highest BCUT2D eigenvalue weighted by molar-refractivity contribution is 4.91. The number of hydrogen-bond donors (Lipinski definition) is 1. The number of rotatable bonds is 4. The first-order valence-electron chi connectivity index (χ1n) is 6.81. The predicted molar refractivity (Wildman–Crippen MR) is 68.1 cm³/mol. The zero-order valence-corrected chi connectivity index (χ0v) is 11.5. The summed E-state index contributed by atoms with van der Waals surface area (Å²) in [5, 5.41) is 13.2. The van der Waals surface area contributed by atoms with Crippen molar-refractivity contribution < 1.29 is 9.63 Å². The van der Waals surface area contributed by atoms with E-state index in [9.17, 15) is 5.11 Å². The SMILES string of the molecule is CC(O)c1noc(CC2CCCN(C(C)C)C2)n1. The fourth-order valence-corrected chi connectivity index (χ4v) is 2.50. The molecular weight excluding hydrogens is 230 g/mol. The fraction of sp³-hybridized carbons (Fsp3) is 0.846. The lowest BCUT2D eigenvalue weighted by molar-refractivity contribution is 0.134. The average molecular weight is 253 g/mol. The molecule has 2 heterocycles. The molecule has 2 rings (SSSR count). The van der Waals surface area contributed by atoms with Crippen molar-refractivity contribution in [2.75, 3.05) is 13.1 Å². The van der Waals surface area contributed by atoms with Crippen LogP contribution >= 0.6 is 0 Å². The summed E-state index contributed by atoms with van der Waals surface area (Å²) in [6.07, 6.45) is 2.62. The summed E-state index contributed by atoms with van der Waals surface area (Å²) in [7, 11) is 0. The second kappa shape index (κ2) is 5.80. The number of hydrogen-bond acceptors (Lipinski definition) is 5. The minimum absolute atomic E-state index is 0.390. The van der Waals surface area contributed by atoms with E-state index in [1.807, 2.05) is 0 Å². The van der Waals surface area contributed by atoms with Crippen LogP contribution in [-0.4, -0.2) is 39.3 Å². The topological polar surface area (TPSA) is 62.4 Å². The molecule has 1 aliphatic rings. The van der Waals surface area contributed by atoms with Gasteiger partial charge in [0.15, 0.2) is 5.82 Å². The second-order valence-electron chi connectivity index (χ2n) is 5.52. The van der Waals surface area contributed by atoms with Crippen LogP contribution in [-0.2, 0) is 6.42 Å². The quantitative estimate of drug-likeness (QED) is 0.886. The van der Waals surface area contributed by atoms with Gasteiger partial charge in [0.25, 0.3) is 0 Å². The van der Waals surface area contributed by atoms with Gasteiger partial charge < -0.3 is 14.5 Å². The van der Waals surface area contributed by atoms with Crippen molar-refractivity contribution in [3.63, 3.8) is 0 Å². The summed E-state index contributed by atoms with van der Waals surface area (Å²) < 4.78 is 5.18. The van der Waals surface area contributed by atoms with Crippen LogP contribution in [0.1, 0.15) is 51.4 Å². The van der Waals surface area contributed by atoms with Gasteiger partial charge in [-0.25, -0.2) is 0 Å². The summed E-state index contributed by atoms with van der Waals surface area (Å²) in [4.78, 5) is 6.73. The van der Waals surface area contributed by atoms with Crippen LogP contribution in [0.3, 0.4) is 0 Å². The van der Waals surface area contributed by atoms with E-state index in [1.165, 1.54) is 19.4 Å². The van der Waals surface area contributed by atoms with E-state index >= 15 is 0 Å². The Morgan fingerprint density at radius 3 is 2.83 bits per heavy atom. The van der Waals surface area contributed by atoms with Gasteiger partial charge in [0.2, 0.25) is 5.89 Å². The molecule has 1 saturated heterocycles. The van der Waals surface area contributed by atoms with E-state index < -0.39 is 6.10 Å². The van der Waals surface area contributed by atoms with Gasteiger partial charge in [0.05, 0.1) is 0 Å². The molecule has 0 aliphatic carbocycles. The van der Waals surface area contributed by atoms with Crippen molar-refractivity contribution in [2.24, 2.45) is 5.92 Å². The molecule has 1 aromatic rings. The van der Waals surface area contributed by atoms with Crippen LogP contribution in [0.25, 0.3) is 0 Å². The molecule has 0 bridgehead atoms. The van der Waals surface area contributed by atoms with E-state index in [0.717, 1.165) is 13.0 Å². The van der Waals surface area contributed by atoms with E-state index in [1.54, 1.807) is 6.92 Å². The summed E-state index contributed by atoms with van der Waals surface area (Å²) in [6.45, 7) is 8.41. The maximum absolute atomic E-state index is 9.36. The first-order valence-corrected chi connectivity index (χ1v) is 6.81. The van der Waals surface area contributed by atoms with Crippen molar-refractivity contribution in [2.45, 2.75) is 52.2 Å². The number of aliphatic hydroxyl groups excluding tert-OH is 1. The molecule has 0 saturated carbocycles. The van der Waals surface area contributed by atoms with Crippen LogP contribution in [0.15, 0.2) is 4.52 Å². The molecule has 0 radical (unpaired) electrons. The van der Waals surface area contributed by atoms with Gasteiger partial charge in [0.1, 0.15) is 6.10 Å². The minimum atomic E-state index is -0.652. The van der Waals surface area contributed by atoms with Gasteiger partial charge >= 0.3 is 0 Å². The molecule has 5 heteroatoms. The molecule has 18 heavy (non-hydrogen) atoms. The number of nitrogens with zero attached hydrogens (tertiary/aromatic N) is 3. The Bertz CT molecular complexity index is 376. The number of likely N-dealkylation sites (tertiary alicyclic amines) is 1. The lowest BCUT2D eigenvalue weighted by Gasteiger charge is -2.34. The predicted octanol–water partition coefficient (Wildman–Crippen LogP) is 1.79. The van der Waals surface area contributed by atoms with Crippen molar-refractivity contribution in [1.29, 1.82) is 0 Å². The Hall–Kier alpha value is -0.940. The molecule has 0 spiro atoms. The Balaban J connectivity index is 1.92. The molecule has 102 valence electrons. The number of aliphatic hydroxyl groups is 1. The maximum atomic E-state index is 9.36. The maximum Gasteiger partial charge on any atom is 0.227 e. The molecule has 1 aliphatic heterocycles. The lowest BCUT2D eigenvalue weighted by Crippen LogP contribution is -2.40. The van der Waals surface area contributed by atoms with E-state index in [2.05, 4.69) is 28.9 Å². The summed E-state index contributed by atoms with van der Waals surface area (Å²) in [5.74, 6) is 1.63. The summed E-state index contributed by atoms with van der Waals surface area (Å²) >= 11 is 0. The Morgan fingerprint density at radius 2 is 2.22 bits per heavy atom.